The molecule has 1 heterocycles. The Morgan fingerprint density at radius 3 is 2.72 bits per heavy atom. The van der Waals surface area contributed by atoms with Crippen LogP contribution >= 0.6 is 31.9 Å². The monoisotopic (exact) mass is 374 g/mol. The largest absolute Gasteiger partial charge is 0.494 e. The predicted molar refractivity (Wildman–Crippen MR) is 75.9 cm³/mol. The van der Waals surface area contributed by atoms with Crippen LogP contribution in [0.25, 0.3) is 0 Å². The first kappa shape index (κ1) is 13.3. The Labute approximate surface area is 121 Å². The summed E-state index contributed by atoms with van der Waals surface area (Å²) in [5.74, 6) is 0.436. The zero-order valence-corrected chi connectivity index (χ0v) is 12.5. The van der Waals surface area contributed by atoms with Crippen molar-refractivity contribution in [2.45, 2.75) is 0 Å². The Kier molecular flexibility index (Phi) is 4.19. The topological polar surface area (TPSA) is 34.1 Å². The van der Waals surface area contributed by atoms with E-state index in [9.17, 15) is 4.39 Å². The molecule has 0 bridgehead atoms. The van der Waals surface area contributed by atoms with Crippen molar-refractivity contribution in [1.29, 1.82) is 0 Å². The molecule has 0 atom stereocenters. The molecule has 6 heteroatoms. The number of ether oxygens (including phenoxy) is 1. The Hall–Kier alpha value is -1.14. The highest BCUT2D eigenvalue weighted by molar-refractivity contribution is 9.11. The maximum Gasteiger partial charge on any atom is 0.165 e. The lowest BCUT2D eigenvalue weighted by Crippen LogP contribution is -1.96. The van der Waals surface area contributed by atoms with Crippen molar-refractivity contribution < 1.29 is 9.13 Å². The van der Waals surface area contributed by atoms with Crippen molar-refractivity contribution in [2.24, 2.45) is 0 Å². The lowest BCUT2D eigenvalue weighted by atomic mass is 10.3. The third kappa shape index (κ3) is 3.00. The number of methoxy groups -OCH3 is 1. The summed E-state index contributed by atoms with van der Waals surface area (Å²) in [5, 5.41) is 3.08. The number of hydrogen-bond donors (Lipinski definition) is 1. The van der Waals surface area contributed by atoms with Gasteiger partial charge in [-0.15, -0.1) is 0 Å². The van der Waals surface area contributed by atoms with Crippen molar-refractivity contribution in [3.8, 4) is 5.75 Å². The highest BCUT2D eigenvalue weighted by Gasteiger charge is 2.06. The average Bonchev–Trinajstić information content (AvgIpc) is 2.35. The van der Waals surface area contributed by atoms with Gasteiger partial charge in [0.25, 0.3) is 0 Å². The molecule has 0 aliphatic rings. The molecule has 94 valence electrons. The Balaban J connectivity index is 2.28. The number of rotatable bonds is 3. The smallest absolute Gasteiger partial charge is 0.165 e. The lowest BCUT2D eigenvalue weighted by molar-refractivity contribution is 0.387. The van der Waals surface area contributed by atoms with Crippen molar-refractivity contribution in [2.75, 3.05) is 12.4 Å². The minimum absolute atomic E-state index is 0.188. The van der Waals surface area contributed by atoms with Gasteiger partial charge in [-0.2, -0.15) is 0 Å². The quantitative estimate of drug-likeness (QED) is 0.857. The second-order valence-electron chi connectivity index (χ2n) is 3.46. The number of aromatic nitrogens is 1. The van der Waals surface area contributed by atoms with Gasteiger partial charge in [-0.05, 0) is 50.1 Å². The molecule has 0 radical (unpaired) electrons. The molecule has 0 fully saturated rings. The predicted octanol–water partition coefficient (Wildman–Crippen LogP) is 4.50. The van der Waals surface area contributed by atoms with E-state index < -0.39 is 5.82 Å². The van der Waals surface area contributed by atoms with Crippen LogP contribution < -0.4 is 10.1 Å². The number of hydrogen-bond acceptors (Lipinski definition) is 3. The molecule has 0 spiro atoms. The summed E-state index contributed by atoms with van der Waals surface area (Å²) in [4.78, 5) is 4.21. The molecule has 0 unspecified atom stereocenters. The lowest BCUT2D eigenvalue weighted by Gasteiger charge is -2.09. The summed E-state index contributed by atoms with van der Waals surface area (Å²) in [6.45, 7) is 0. The van der Waals surface area contributed by atoms with E-state index in [1.165, 1.54) is 13.2 Å². The summed E-state index contributed by atoms with van der Waals surface area (Å²) >= 11 is 6.72. The molecule has 2 aromatic rings. The molecule has 0 amide bonds. The summed E-state index contributed by atoms with van der Waals surface area (Å²) in [7, 11) is 1.43. The van der Waals surface area contributed by atoms with Gasteiger partial charge in [-0.25, -0.2) is 9.37 Å². The van der Waals surface area contributed by atoms with Gasteiger partial charge < -0.3 is 10.1 Å². The number of pyridine rings is 1. The molecule has 3 nitrogen and oxygen atoms in total. The van der Waals surface area contributed by atoms with Crippen LogP contribution in [0.2, 0.25) is 0 Å². The van der Waals surface area contributed by atoms with Crippen LogP contribution in [0.5, 0.6) is 5.75 Å². The molecule has 0 saturated heterocycles. The number of nitrogens with one attached hydrogen (secondary N) is 1. The third-order valence-electron chi connectivity index (χ3n) is 2.22. The fourth-order valence-corrected chi connectivity index (χ4v) is 2.47. The van der Waals surface area contributed by atoms with Gasteiger partial charge in [-0.3, -0.25) is 0 Å². The number of anilines is 2. The maximum absolute atomic E-state index is 13.3. The molecular weight excluding hydrogens is 367 g/mol. The molecule has 1 aromatic carbocycles. The zero-order chi connectivity index (χ0) is 13.1. The van der Waals surface area contributed by atoms with E-state index in [1.807, 2.05) is 6.07 Å². The minimum atomic E-state index is -0.397. The first-order chi connectivity index (χ1) is 8.60. The van der Waals surface area contributed by atoms with Crippen LogP contribution in [0, 0.1) is 5.82 Å². The van der Waals surface area contributed by atoms with E-state index in [0.717, 1.165) is 8.95 Å². The number of benzene rings is 1. The minimum Gasteiger partial charge on any atom is -0.494 e. The van der Waals surface area contributed by atoms with Gasteiger partial charge in [0.2, 0.25) is 0 Å². The molecular formula is C12H9Br2FN2O. The van der Waals surface area contributed by atoms with Crippen LogP contribution in [0.1, 0.15) is 0 Å². The van der Waals surface area contributed by atoms with E-state index in [2.05, 4.69) is 42.2 Å². The highest BCUT2D eigenvalue weighted by atomic mass is 79.9. The van der Waals surface area contributed by atoms with E-state index in [0.29, 0.717) is 11.5 Å². The van der Waals surface area contributed by atoms with Crippen LogP contribution in [0.4, 0.5) is 15.9 Å². The van der Waals surface area contributed by atoms with Crippen LogP contribution in [0.15, 0.2) is 39.4 Å². The van der Waals surface area contributed by atoms with E-state index >= 15 is 0 Å². The van der Waals surface area contributed by atoms with E-state index in [1.54, 1.807) is 18.3 Å². The van der Waals surface area contributed by atoms with Crippen molar-refractivity contribution in [3.05, 3.63) is 45.2 Å². The van der Waals surface area contributed by atoms with Crippen LogP contribution in [0.3, 0.4) is 0 Å². The zero-order valence-electron chi connectivity index (χ0n) is 9.38. The first-order valence-corrected chi connectivity index (χ1v) is 6.60. The highest BCUT2D eigenvalue weighted by Crippen LogP contribution is 2.28. The normalized spacial score (nSPS) is 10.2. The molecule has 18 heavy (non-hydrogen) atoms. The van der Waals surface area contributed by atoms with Crippen LogP contribution in [-0.2, 0) is 0 Å². The maximum atomic E-state index is 13.3. The SMILES string of the molecule is COc1cc(Nc2ncc(Br)cc2Br)ccc1F. The summed E-state index contributed by atoms with van der Waals surface area (Å²) < 4.78 is 19.9. The Morgan fingerprint density at radius 1 is 1.28 bits per heavy atom. The van der Waals surface area contributed by atoms with Gasteiger partial charge in [0.05, 0.1) is 11.6 Å². The fourth-order valence-electron chi connectivity index (χ4n) is 1.38. The first-order valence-electron chi connectivity index (χ1n) is 5.02. The standard InChI is InChI=1S/C12H9Br2FN2O/c1-18-11-5-8(2-3-10(11)15)17-12-9(14)4-7(13)6-16-12/h2-6H,1H3,(H,16,17). The second-order valence-corrected chi connectivity index (χ2v) is 5.23. The fraction of sp³-hybridized carbons (Fsp3) is 0.0833. The molecule has 1 aromatic heterocycles. The van der Waals surface area contributed by atoms with Gasteiger partial charge in [0, 0.05) is 22.4 Å². The summed E-state index contributed by atoms with van der Waals surface area (Å²) in [6.07, 6.45) is 1.67. The van der Waals surface area contributed by atoms with Crippen molar-refractivity contribution in [3.63, 3.8) is 0 Å². The Bertz CT molecular complexity index is 578. The molecule has 0 aliphatic heterocycles. The number of nitrogens with zero attached hydrogens (tertiary/aromatic N) is 1. The van der Waals surface area contributed by atoms with Crippen LogP contribution in [-0.4, -0.2) is 12.1 Å². The van der Waals surface area contributed by atoms with E-state index in [-0.39, 0.29) is 5.75 Å². The molecule has 1 N–H and O–H groups in total. The molecule has 2 rings (SSSR count). The average molecular weight is 376 g/mol. The summed E-state index contributed by atoms with van der Waals surface area (Å²) in [6, 6.07) is 6.41. The Morgan fingerprint density at radius 2 is 2.06 bits per heavy atom. The van der Waals surface area contributed by atoms with E-state index in [4.69, 9.17) is 4.74 Å². The van der Waals surface area contributed by atoms with Gasteiger partial charge in [0.15, 0.2) is 11.6 Å². The van der Waals surface area contributed by atoms with Gasteiger partial charge >= 0.3 is 0 Å². The molecule has 0 aliphatic carbocycles. The summed E-state index contributed by atoms with van der Waals surface area (Å²) in [5.41, 5.74) is 0.698. The van der Waals surface area contributed by atoms with Crippen molar-refractivity contribution in [1.82, 2.24) is 4.98 Å². The number of halogens is 3. The molecule has 0 saturated carbocycles. The second kappa shape index (κ2) is 5.67. The third-order valence-corrected chi connectivity index (χ3v) is 3.26. The van der Waals surface area contributed by atoms with Gasteiger partial charge in [-0.1, -0.05) is 0 Å². The van der Waals surface area contributed by atoms with Crippen molar-refractivity contribution >= 4 is 43.4 Å². The van der Waals surface area contributed by atoms with Gasteiger partial charge in [0.1, 0.15) is 5.82 Å².